The summed E-state index contributed by atoms with van der Waals surface area (Å²) in [6.07, 6.45) is 4.23. The van der Waals surface area contributed by atoms with Gasteiger partial charge in [0.1, 0.15) is 17.5 Å². The SMILES string of the molecule is CCCN(Cc1cc(-c2ccc3nc(C)[nH]c3c2)ccc1C)c1nc(CNCCOC)nc2c1CC(C)(C)CC2. The Bertz CT molecular complexity index is 1470. The van der Waals surface area contributed by atoms with Crippen molar-refractivity contribution in [2.75, 3.05) is 31.7 Å². The number of nitrogens with zero attached hydrogens (tertiary/aromatic N) is 4. The van der Waals surface area contributed by atoms with Gasteiger partial charge in [-0.25, -0.2) is 15.0 Å². The van der Waals surface area contributed by atoms with Crippen LogP contribution in [0.3, 0.4) is 0 Å². The zero-order chi connectivity index (χ0) is 28.3. The Kier molecular flexibility index (Phi) is 8.52. The summed E-state index contributed by atoms with van der Waals surface area (Å²) in [5, 5.41) is 3.45. The molecule has 40 heavy (non-hydrogen) atoms. The molecule has 7 nitrogen and oxygen atoms in total. The highest BCUT2D eigenvalue weighted by Gasteiger charge is 2.31. The molecule has 0 amide bonds. The number of hydrogen-bond acceptors (Lipinski definition) is 6. The van der Waals surface area contributed by atoms with Crippen molar-refractivity contribution in [2.24, 2.45) is 5.41 Å². The summed E-state index contributed by atoms with van der Waals surface area (Å²) in [6, 6.07) is 13.3. The van der Waals surface area contributed by atoms with Crippen LogP contribution in [0.25, 0.3) is 22.2 Å². The van der Waals surface area contributed by atoms with Crippen LogP contribution in [0.15, 0.2) is 36.4 Å². The first-order valence-corrected chi connectivity index (χ1v) is 14.7. The minimum atomic E-state index is 0.251. The number of ether oxygens (including phenoxy) is 1. The Balaban J connectivity index is 1.49. The van der Waals surface area contributed by atoms with Gasteiger partial charge >= 0.3 is 0 Å². The molecule has 2 heterocycles. The summed E-state index contributed by atoms with van der Waals surface area (Å²) in [5.41, 5.74) is 9.94. The van der Waals surface area contributed by atoms with Gasteiger partial charge in [-0.05, 0) is 85.4 Å². The Morgan fingerprint density at radius 2 is 1.85 bits per heavy atom. The molecule has 0 atom stereocenters. The smallest absolute Gasteiger partial charge is 0.144 e. The third-order valence-electron chi connectivity index (χ3n) is 8.01. The van der Waals surface area contributed by atoms with E-state index in [0.717, 1.165) is 73.8 Å². The van der Waals surface area contributed by atoms with Gasteiger partial charge in [0.25, 0.3) is 0 Å². The molecule has 2 N–H and O–H groups in total. The number of nitrogens with one attached hydrogen (secondary N) is 2. The molecule has 2 aromatic heterocycles. The lowest BCUT2D eigenvalue weighted by Gasteiger charge is -2.35. The zero-order valence-corrected chi connectivity index (χ0v) is 25.0. The maximum Gasteiger partial charge on any atom is 0.144 e. The molecule has 0 spiro atoms. The van der Waals surface area contributed by atoms with Gasteiger partial charge in [-0.2, -0.15) is 0 Å². The maximum absolute atomic E-state index is 5.21. The van der Waals surface area contributed by atoms with E-state index in [4.69, 9.17) is 14.7 Å². The Labute approximate surface area is 238 Å². The average molecular weight is 541 g/mol. The van der Waals surface area contributed by atoms with Crippen LogP contribution in [0, 0.1) is 19.3 Å². The molecule has 7 heteroatoms. The molecule has 0 fully saturated rings. The molecule has 2 aromatic carbocycles. The molecular formula is C33H44N6O. The summed E-state index contributed by atoms with van der Waals surface area (Å²) in [6.45, 7) is 15.1. The van der Waals surface area contributed by atoms with Crippen LogP contribution in [-0.2, 0) is 30.7 Å². The van der Waals surface area contributed by atoms with Crippen LogP contribution in [0.1, 0.15) is 67.6 Å². The van der Waals surface area contributed by atoms with Crippen molar-refractivity contribution in [3.05, 3.63) is 70.4 Å². The van der Waals surface area contributed by atoms with Crippen LogP contribution >= 0.6 is 0 Å². The van der Waals surface area contributed by atoms with E-state index in [-0.39, 0.29) is 5.41 Å². The van der Waals surface area contributed by atoms with Crippen molar-refractivity contribution in [3.63, 3.8) is 0 Å². The largest absolute Gasteiger partial charge is 0.383 e. The molecule has 4 aromatic rings. The van der Waals surface area contributed by atoms with Crippen molar-refractivity contribution < 1.29 is 4.74 Å². The first-order valence-electron chi connectivity index (χ1n) is 14.7. The minimum Gasteiger partial charge on any atom is -0.383 e. The number of aromatic nitrogens is 4. The van der Waals surface area contributed by atoms with Crippen molar-refractivity contribution in [1.29, 1.82) is 0 Å². The molecule has 212 valence electrons. The fourth-order valence-electron chi connectivity index (χ4n) is 5.77. The Hall–Kier alpha value is -3.29. The van der Waals surface area contributed by atoms with E-state index >= 15 is 0 Å². The van der Waals surface area contributed by atoms with Crippen molar-refractivity contribution in [1.82, 2.24) is 25.3 Å². The number of rotatable bonds is 11. The number of methoxy groups -OCH3 is 1. The van der Waals surface area contributed by atoms with E-state index in [2.05, 4.69) is 84.3 Å². The predicted octanol–water partition coefficient (Wildman–Crippen LogP) is 6.30. The third-order valence-corrected chi connectivity index (χ3v) is 8.01. The van der Waals surface area contributed by atoms with Crippen LogP contribution in [0.5, 0.6) is 0 Å². The molecule has 0 radical (unpaired) electrons. The zero-order valence-electron chi connectivity index (χ0n) is 25.0. The van der Waals surface area contributed by atoms with Gasteiger partial charge in [-0.15, -0.1) is 0 Å². The molecular weight excluding hydrogens is 496 g/mol. The topological polar surface area (TPSA) is 79.0 Å². The van der Waals surface area contributed by atoms with E-state index in [0.29, 0.717) is 13.2 Å². The molecule has 1 aliphatic carbocycles. The minimum absolute atomic E-state index is 0.251. The number of H-pyrrole nitrogens is 1. The summed E-state index contributed by atoms with van der Waals surface area (Å²) in [7, 11) is 1.73. The number of aromatic amines is 1. The second-order valence-corrected chi connectivity index (χ2v) is 12.0. The normalized spacial score (nSPS) is 14.4. The monoisotopic (exact) mass is 540 g/mol. The number of anilines is 1. The second kappa shape index (κ2) is 12.1. The van der Waals surface area contributed by atoms with Crippen molar-refractivity contribution in [3.8, 4) is 11.1 Å². The number of fused-ring (bicyclic) bond motifs is 2. The lowest BCUT2D eigenvalue weighted by atomic mass is 9.76. The van der Waals surface area contributed by atoms with Crippen molar-refractivity contribution >= 4 is 16.9 Å². The van der Waals surface area contributed by atoms with E-state index in [1.807, 2.05) is 6.92 Å². The highest BCUT2D eigenvalue weighted by atomic mass is 16.5. The number of hydrogen-bond donors (Lipinski definition) is 2. The highest BCUT2D eigenvalue weighted by Crippen LogP contribution is 2.38. The Morgan fingerprint density at radius 3 is 2.65 bits per heavy atom. The van der Waals surface area contributed by atoms with Gasteiger partial charge in [-0.1, -0.05) is 39.0 Å². The van der Waals surface area contributed by atoms with Crippen molar-refractivity contribution in [2.45, 2.75) is 73.4 Å². The van der Waals surface area contributed by atoms with Gasteiger partial charge < -0.3 is 19.9 Å². The Morgan fingerprint density at radius 1 is 1.05 bits per heavy atom. The van der Waals surface area contributed by atoms with Gasteiger partial charge in [0.2, 0.25) is 0 Å². The molecule has 0 aliphatic heterocycles. The highest BCUT2D eigenvalue weighted by molar-refractivity contribution is 5.82. The molecule has 0 saturated carbocycles. The van der Waals surface area contributed by atoms with Crippen LogP contribution in [0.4, 0.5) is 5.82 Å². The molecule has 1 aliphatic rings. The van der Waals surface area contributed by atoms with E-state index in [1.165, 1.54) is 33.5 Å². The third kappa shape index (κ3) is 6.37. The quantitative estimate of drug-likeness (QED) is 0.217. The predicted molar refractivity (Wildman–Crippen MR) is 164 cm³/mol. The summed E-state index contributed by atoms with van der Waals surface area (Å²) in [5.74, 6) is 2.93. The molecule has 5 rings (SSSR count). The molecule has 0 unspecified atom stereocenters. The van der Waals surface area contributed by atoms with Gasteiger partial charge in [0, 0.05) is 38.0 Å². The fraction of sp³-hybridized carbons (Fsp3) is 0.485. The number of benzene rings is 2. The number of imidazole rings is 1. The van der Waals surface area contributed by atoms with Gasteiger partial charge in [0.05, 0.1) is 24.2 Å². The van der Waals surface area contributed by atoms with Crippen LogP contribution < -0.4 is 10.2 Å². The second-order valence-electron chi connectivity index (χ2n) is 12.0. The van der Waals surface area contributed by atoms with Crippen LogP contribution in [0.2, 0.25) is 0 Å². The first-order chi connectivity index (χ1) is 19.3. The van der Waals surface area contributed by atoms with Crippen LogP contribution in [-0.4, -0.2) is 46.7 Å². The lowest BCUT2D eigenvalue weighted by molar-refractivity contribution is 0.199. The fourth-order valence-corrected chi connectivity index (χ4v) is 5.77. The maximum atomic E-state index is 5.21. The molecule has 0 bridgehead atoms. The van der Waals surface area contributed by atoms with E-state index < -0.39 is 0 Å². The summed E-state index contributed by atoms with van der Waals surface area (Å²) in [4.78, 5) is 20.7. The number of aryl methyl sites for hydroxylation is 3. The van der Waals surface area contributed by atoms with Gasteiger partial charge in [0.15, 0.2) is 0 Å². The summed E-state index contributed by atoms with van der Waals surface area (Å²) < 4.78 is 5.21. The average Bonchev–Trinajstić information content (AvgIpc) is 3.30. The van der Waals surface area contributed by atoms with E-state index in [9.17, 15) is 0 Å². The standard InChI is InChI=1S/C33H44N6O/c1-7-15-39(32-27-19-33(4,5)13-12-28(27)37-31(38-32)20-34-14-16-40-6)21-26-17-24(9-8-22(26)2)25-10-11-29-30(18-25)36-23(3)35-29/h8-11,17-18,34H,7,12-16,19-21H2,1-6H3,(H,35,36). The first kappa shape index (κ1) is 28.2. The summed E-state index contributed by atoms with van der Waals surface area (Å²) >= 11 is 0. The lowest BCUT2D eigenvalue weighted by Crippen LogP contribution is -2.32. The van der Waals surface area contributed by atoms with Gasteiger partial charge in [-0.3, -0.25) is 0 Å². The molecule has 0 saturated heterocycles. The van der Waals surface area contributed by atoms with E-state index in [1.54, 1.807) is 7.11 Å².